The molecule has 0 aliphatic heterocycles. The Bertz CT molecular complexity index is 173. The summed E-state index contributed by atoms with van der Waals surface area (Å²) in [6, 6.07) is 0. The van der Waals surface area contributed by atoms with Crippen molar-refractivity contribution in [3.8, 4) is 0 Å². The summed E-state index contributed by atoms with van der Waals surface area (Å²) in [5.41, 5.74) is 0. The molecular formula is C11H20O2. The van der Waals surface area contributed by atoms with Gasteiger partial charge >= 0.3 is 0 Å². The van der Waals surface area contributed by atoms with Crippen LogP contribution >= 0.6 is 0 Å². The standard InChI is InChI=1S/C11H20O2/c1-9(11(3)13)7-5-4-6-8-10(2)12/h9,12H,2,4-8H2,1,3H3. The van der Waals surface area contributed by atoms with Gasteiger partial charge in [0.15, 0.2) is 0 Å². The van der Waals surface area contributed by atoms with Crippen molar-refractivity contribution in [2.45, 2.75) is 46.0 Å². The molecule has 1 N–H and O–H groups in total. The van der Waals surface area contributed by atoms with E-state index in [9.17, 15) is 4.79 Å². The molecule has 0 aromatic carbocycles. The van der Waals surface area contributed by atoms with Crippen LogP contribution in [0.25, 0.3) is 0 Å². The fraction of sp³-hybridized carbons (Fsp3) is 0.727. The van der Waals surface area contributed by atoms with Crippen LogP contribution < -0.4 is 0 Å². The number of ketones is 1. The van der Waals surface area contributed by atoms with Gasteiger partial charge in [0.25, 0.3) is 0 Å². The number of hydrogen-bond acceptors (Lipinski definition) is 2. The van der Waals surface area contributed by atoms with Gasteiger partial charge in [-0.25, -0.2) is 0 Å². The number of carbonyl (C=O) groups excluding carboxylic acids is 1. The Morgan fingerprint density at radius 2 is 2.00 bits per heavy atom. The molecule has 13 heavy (non-hydrogen) atoms. The predicted molar refractivity (Wildman–Crippen MR) is 54.7 cm³/mol. The molecule has 1 atom stereocenters. The number of carbonyl (C=O) groups is 1. The molecule has 76 valence electrons. The molecule has 0 bridgehead atoms. The highest BCUT2D eigenvalue weighted by Gasteiger charge is 2.05. The molecule has 0 aliphatic rings. The first-order valence-corrected chi connectivity index (χ1v) is 4.91. The summed E-state index contributed by atoms with van der Waals surface area (Å²) >= 11 is 0. The van der Waals surface area contributed by atoms with Crippen LogP contribution in [0.5, 0.6) is 0 Å². The van der Waals surface area contributed by atoms with Crippen molar-refractivity contribution in [2.75, 3.05) is 0 Å². The number of aliphatic hydroxyl groups is 1. The first-order valence-electron chi connectivity index (χ1n) is 4.91. The van der Waals surface area contributed by atoms with E-state index in [0.29, 0.717) is 6.42 Å². The van der Waals surface area contributed by atoms with Gasteiger partial charge < -0.3 is 5.11 Å². The van der Waals surface area contributed by atoms with Crippen LogP contribution in [0.1, 0.15) is 46.0 Å². The number of Topliss-reactive ketones (excluding diaryl/α,β-unsaturated/α-hetero) is 1. The number of unbranched alkanes of at least 4 members (excludes halogenated alkanes) is 2. The average Bonchev–Trinajstić information content (AvgIpc) is 2.02. The molecule has 0 aliphatic carbocycles. The summed E-state index contributed by atoms with van der Waals surface area (Å²) in [6.07, 6.45) is 4.76. The van der Waals surface area contributed by atoms with E-state index in [4.69, 9.17) is 5.11 Å². The molecule has 0 rings (SSSR count). The molecule has 0 amide bonds. The third-order valence-electron chi connectivity index (χ3n) is 2.30. The van der Waals surface area contributed by atoms with Crippen molar-refractivity contribution in [1.82, 2.24) is 0 Å². The zero-order chi connectivity index (χ0) is 10.3. The second kappa shape index (κ2) is 6.70. The highest BCUT2D eigenvalue weighted by Crippen LogP contribution is 2.12. The number of hydrogen-bond donors (Lipinski definition) is 1. The summed E-state index contributed by atoms with van der Waals surface area (Å²) < 4.78 is 0. The molecule has 0 fully saturated rings. The van der Waals surface area contributed by atoms with Crippen LogP contribution in [-0.2, 0) is 4.79 Å². The first-order chi connectivity index (χ1) is 6.04. The van der Waals surface area contributed by atoms with Crippen molar-refractivity contribution >= 4 is 5.78 Å². The second-order valence-electron chi connectivity index (χ2n) is 3.68. The Hall–Kier alpha value is -0.790. The number of aliphatic hydroxyl groups excluding tert-OH is 1. The van der Waals surface area contributed by atoms with E-state index in [1.165, 1.54) is 0 Å². The zero-order valence-corrected chi connectivity index (χ0v) is 8.68. The lowest BCUT2D eigenvalue weighted by molar-refractivity contribution is -0.120. The second-order valence-corrected chi connectivity index (χ2v) is 3.68. The number of rotatable bonds is 7. The Labute approximate surface area is 80.7 Å². The molecule has 0 saturated heterocycles. The average molecular weight is 184 g/mol. The monoisotopic (exact) mass is 184 g/mol. The molecule has 0 saturated carbocycles. The van der Waals surface area contributed by atoms with E-state index < -0.39 is 0 Å². The zero-order valence-electron chi connectivity index (χ0n) is 8.68. The molecule has 0 aromatic heterocycles. The van der Waals surface area contributed by atoms with Crippen LogP contribution in [0.2, 0.25) is 0 Å². The SMILES string of the molecule is C=C(O)CCCCCC(C)C(C)=O. The summed E-state index contributed by atoms with van der Waals surface area (Å²) in [6.45, 7) is 7.02. The third-order valence-corrected chi connectivity index (χ3v) is 2.30. The lowest BCUT2D eigenvalue weighted by Crippen LogP contribution is -2.05. The lowest BCUT2D eigenvalue weighted by Gasteiger charge is -2.06. The van der Waals surface area contributed by atoms with Gasteiger partial charge in [-0.05, 0) is 19.8 Å². The topological polar surface area (TPSA) is 37.3 Å². The minimum atomic E-state index is 0.192. The highest BCUT2D eigenvalue weighted by molar-refractivity contribution is 5.77. The van der Waals surface area contributed by atoms with Crippen molar-refractivity contribution in [3.63, 3.8) is 0 Å². The summed E-state index contributed by atoms with van der Waals surface area (Å²) in [7, 11) is 0. The van der Waals surface area contributed by atoms with Crippen LogP contribution in [0.15, 0.2) is 12.3 Å². The van der Waals surface area contributed by atoms with E-state index >= 15 is 0 Å². The van der Waals surface area contributed by atoms with E-state index in [-0.39, 0.29) is 17.5 Å². The van der Waals surface area contributed by atoms with Gasteiger partial charge in [0.2, 0.25) is 0 Å². The molecule has 0 spiro atoms. The first kappa shape index (κ1) is 12.2. The van der Waals surface area contributed by atoms with Crippen molar-refractivity contribution in [2.24, 2.45) is 5.92 Å². The van der Waals surface area contributed by atoms with Gasteiger partial charge in [0.1, 0.15) is 5.78 Å². The molecule has 0 heterocycles. The minimum absolute atomic E-state index is 0.192. The fourth-order valence-corrected chi connectivity index (χ4v) is 1.16. The molecule has 0 aromatic rings. The molecule has 1 unspecified atom stereocenters. The van der Waals surface area contributed by atoms with Gasteiger partial charge in [0.05, 0.1) is 5.76 Å². The minimum Gasteiger partial charge on any atom is -0.513 e. The highest BCUT2D eigenvalue weighted by atomic mass is 16.3. The van der Waals surface area contributed by atoms with Crippen LogP contribution in [0, 0.1) is 5.92 Å². The Kier molecular flexibility index (Phi) is 6.29. The van der Waals surface area contributed by atoms with Gasteiger partial charge in [-0.2, -0.15) is 0 Å². The fourth-order valence-electron chi connectivity index (χ4n) is 1.16. The van der Waals surface area contributed by atoms with Gasteiger partial charge in [-0.1, -0.05) is 26.3 Å². The van der Waals surface area contributed by atoms with Gasteiger partial charge in [0, 0.05) is 12.3 Å². The van der Waals surface area contributed by atoms with Gasteiger partial charge in [-0.3, -0.25) is 4.79 Å². The summed E-state index contributed by atoms with van der Waals surface area (Å²) in [5.74, 6) is 0.725. The van der Waals surface area contributed by atoms with Crippen molar-refractivity contribution < 1.29 is 9.90 Å². The smallest absolute Gasteiger partial charge is 0.132 e. The Morgan fingerprint density at radius 1 is 1.38 bits per heavy atom. The Morgan fingerprint density at radius 3 is 2.46 bits per heavy atom. The maximum absolute atomic E-state index is 10.9. The predicted octanol–water partition coefficient (Wildman–Crippen LogP) is 3.23. The molecular weight excluding hydrogens is 164 g/mol. The van der Waals surface area contributed by atoms with Crippen molar-refractivity contribution in [1.29, 1.82) is 0 Å². The molecule has 0 radical (unpaired) electrons. The van der Waals surface area contributed by atoms with E-state index in [0.717, 1.165) is 25.7 Å². The van der Waals surface area contributed by atoms with E-state index in [1.54, 1.807) is 6.92 Å². The van der Waals surface area contributed by atoms with Crippen LogP contribution in [0.4, 0.5) is 0 Å². The normalized spacial score (nSPS) is 12.5. The summed E-state index contributed by atoms with van der Waals surface area (Å²) in [4.78, 5) is 10.9. The van der Waals surface area contributed by atoms with E-state index in [1.807, 2.05) is 6.92 Å². The molecule has 2 heteroatoms. The molecule has 2 nitrogen and oxygen atoms in total. The number of allylic oxidation sites excluding steroid dienone is 1. The van der Waals surface area contributed by atoms with E-state index in [2.05, 4.69) is 6.58 Å². The maximum atomic E-state index is 10.9. The quantitative estimate of drug-likeness (QED) is 0.487. The maximum Gasteiger partial charge on any atom is 0.132 e. The van der Waals surface area contributed by atoms with Crippen LogP contribution in [0.3, 0.4) is 0 Å². The summed E-state index contributed by atoms with van der Waals surface area (Å²) in [5, 5.41) is 8.80. The lowest BCUT2D eigenvalue weighted by atomic mass is 9.99. The van der Waals surface area contributed by atoms with Gasteiger partial charge in [-0.15, -0.1) is 0 Å². The van der Waals surface area contributed by atoms with Crippen LogP contribution in [-0.4, -0.2) is 10.9 Å². The van der Waals surface area contributed by atoms with Crippen molar-refractivity contribution in [3.05, 3.63) is 12.3 Å². The third kappa shape index (κ3) is 7.57. The largest absolute Gasteiger partial charge is 0.513 e. The Balaban J connectivity index is 3.26.